The summed E-state index contributed by atoms with van der Waals surface area (Å²) in [4.78, 5) is 13.4. The minimum atomic E-state index is -0.998. The van der Waals surface area contributed by atoms with Crippen molar-refractivity contribution in [1.29, 1.82) is 0 Å². The lowest BCUT2D eigenvalue weighted by Gasteiger charge is -2.22. The molecule has 0 radical (unpaired) electrons. The van der Waals surface area contributed by atoms with Gasteiger partial charge in [-0.3, -0.25) is 4.79 Å². The second-order valence-corrected chi connectivity index (χ2v) is 6.50. The second kappa shape index (κ2) is 8.81. The number of quaternary nitrogens is 1. The molecule has 1 unspecified atom stereocenters. The quantitative estimate of drug-likeness (QED) is 0.777. The summed E-state index contributed by atoms with van der Waals surface area (Å²) in [6.45, 7) is 4.33. The number of amides is 1. The first-order valence-corrected chi connectivity index (χ1v) is 8.56. The Bertz CT molecular complexity index is 827. The zero-order valence-corrected chi connectivity index (χ0v) is 16.2. The second-order valence-electron chi connectivity index (χ2n) is 6.50. The van der Waals surface area contributed by atoms with Crippen LogP contribution in [0.5, 0.6) is 11.5 Å². The summed E-state index contributed by atoms with van der Waals surface area (Å²) >= 11 is 0. The number of carbonyl (C=O) groups excluding carboxylic acids is 1. The maximum Gasteiger partial charge on any atom is 0.282 e. The van der Waals surface area contributed by atoms with E-state index in [-0.39, 0.29) is 11.6 Å². The summed E-state index contributed by atoms with van der Waals surface area (Å²) in [6, 6.07) is 6.67. The van der Waals surface area contributed by atoms with Gasteiger partial charge in [-0.2, -0.15) is 0 Å². The third-order valence-electron chi connectivity index (χ3n) is 4.63. The highest BCUT2D eigenvalue weighted by Gasteiger charge is 2.23. The lowest BCUT2D eigenvalue weighted by atomic mass is 10.1. The van der Waals surface area contributed by atoms with E-state index in [0.717, 1.165) is 28.2 Å². The van der Waals surface area contributed by atoms with Gasteiger partial charge >= 0.3 is 0 Å². The fraction of sp³-hybridized carbons (Fsp3) is 0.350. The van der Waals surface area contributed by atoms with Crippen molar-refractivity contribution >= 4 is 11.6 Å². The third kappa shape index (κ3) is 4.95. The Balaban J connectivity index is 2.09. The number of carbonyl (C=O) groups is 1. The van der Waals surface area contributed by atoms with Gasteiger partial charge in [-0.15, -0.1) is 0 Å². The van der Waals surface area contributed by atoms with Crippen LogP contribution in [0.1, 0.15) is 18.1 Å². The Morgan fingerprint density at radius 1 is 1.11 bits per heavy atom. The number of benzene rings is 2. The first kappa shape index (κ1) is 20.6. The summed E-state index contributed by atoms with van der Waals surface area (Å²) in [6.07, 6.45) is 0. The SMILES string of the molecule is COc1cc(C)c(C[NH+](C)[C@H](C)C(=O)Nc2ccc(F)c(F)c2)cc1OC. The van der Waals surface area contributed by atoms with Crippen LogP contribution in [-0.2, 0) is 11.3 Å². The molecule has 2 aromatic carbocycles. The minimum absolute atomic E-state index is 0.223. The topological polar surface area (TPSA) is 52.0 Å². The first-order chi connectivity index (χ1) is 12.8. The highest BCUT2D eigenvalue weighted by Crippen LogP contribution is 2.29. The van der Waals surface area contributed by atoms with Crippen LogP contribution in [0, 0.1) is 18.6 Å². The fourth-order valence-corrected chi connectivity index (χ4v) is 2.71. The number of methoxy groups -OCH3 is 2. The first-order valence-electron chi connectivity index (χ1n) is 8.56. The number of hydrogen-bond donors (Lipinski definition) is 2. The normalized spacial score (nSPS) is 13.0. The Morgan fingerprint density at radius 2 is 1.74 bits per heavy atom. The summed E-state index contributed by atoms with van der Waals surface area (Å²) in [5.74, 6) is -0.947. The third-order valence-corrected chi connectivity index (χ3v) is 4.63. The molecule has 2 N–H and O–H groups in total. The van der Waals surface area contributed by atoms with Crippen LogP contribution >= 0.6 is 0 Å². The largest absolute Gasteiger partial charge is 0.493 e. The molecular formula is C20H25F2N2O3+. The zero-order chi connectivity index (χ0) is 20.1. The number of rotatable bonds is 7. The Morgan fingerprint density at radius 3 is 2.33 bits per heavy atom. The molecule has 0 fully saturated rings. The molecule has 2 atom stereocenters. The van der Waals surface area contributed by atoms with Crippen molar-refractivity contribution in [3.8, 4) is 11.5 Å². The molecule has 7 heteroatoms. The number of ether oxygens (including phenoxy) is 2. The van der Waals surface area contributed by atoms with Crippen LogP contribution in [0.4, 0.5) is 14.5 Å². The van der Waals surface area contributed by atoms with Crippen molar-refractivity contribution in [2.75, 3.05) is 26.6 Å². The van der Waals surface area contributed by atoms with E-state index < -0.39 is 17.7 Å². The molecule has 0 aliphatic rings. The van der Waals surface area contributed by atoms with E-state index in [9.17, 15) is 13.6 Å². The highest BCUT2D eigenvalue weighted by molar-refractivity contribution is 5.93. The standard InChI is InChI=1S/C20H24F2N2O3/c1-12-8-18(26-4)19(27-5)9-14(12)11-24(3)13(2)20(25)23-15-6-7-16(21)17(22)10-15/h6-10,13H,11H2,1-5H3,(H,23,25)/p+1/t13-/m1/s1. The number of halogens is 2. The average Bonchev–Trinajstić information content (AvgIpc) is 2.65. The molecule has 5 nitrogen and oxygen atoms in total. The van der Waals surface area contributed by atoms with Gasteiger partial charge in [0.15, 0.2) is 29.2 Å². The van der Waals surface area contributed by atoms with Crippen LogP contribution in [0.3, 0.4) is 0 Å². The van der Waals surface area contributed by atoms with Gasteiger partial charge in [-0.05, 0) is 43.7 Å². The van der Waals surface area contributed by atoms with Crippen molar-refractivity contribution in [3.63, 3.8) is 0 Å². The van der Waals surface area contributed by atoms with E-state index in [2.05, 4.69) is 5.32 Å². The lowest BCUT2D eigenvalue weighted by molar-refractivity contribution is -0.907. The molecule has 2 rings (SSSR count). The van der Waals surface area contributed by atoms with Crippen molar-refractivity contribution < 1.29 is 27.9 Å². The van der Waals surface area contributed by atoms with Gasteiger partial charge in [0.2, 0.25) is 0 Å². The van der Waals surface area contributed by atoms with Crippen LogP contribution in [-0.4, -0.2) is 33.2 Å². The Kier molecular flexibility index (Phi) is 6.74. The van der Waals surface area contributed by atoms with E-state index in [1.807, 2.05) is 26.1 Å². The van der Waals surface area contributed by atoms with Gasteiger partial charge in [0, 0.05) is 17.3 Å². The minimum Gasteiger partial charge on any atom is -0.493 e. The zero-order valence-electron chi connectivity index (χ0n) is 16.2. The maximum absolute atomic E-state index is 13.3. The van der Waals surface area contributed by atoms with Crippen LogP contribution in [0.25, 0.3) is 0 Å². The predicted molar refractivity (Wildman–Crippen MR) is 99.3 cm³/mol. The molecule has 0 aromatic heterocycles. The lowest BCUT2D eigenvalue weighted by Crippen LogP contribution is -3.12. The van der Waals surface area contributed by atoms with Gasteiger partial charge in [0.25, 0.3) is 5.91 Å². The van der Waals surface area contributed by atoms with Crippen LogP contribution in [0.15, 0.2) is 30.3 Å². The summed E-state index contributed by atoms with van der Waals surface area (Å²) in [5, 5.41) is 2.62. The van der Waals surface area contributed by atoms with Gasteiger partial charge in [-0.25, -0.2) is 8.78 Å². The van der Waals surface area contributed by atoms with Gasteiger partial charge < -0.3 is 19.7 Å². The molecule has 1 amide bonds. The smallest absolute Gasteiger partial charge is 0.282 e. The highest BCUT2D eigenvalue weighted by atomic mass is 19.2. The molecule has 0 bridgehead atoms. The molecule has 2 aromatic rings. The van der Waals surface area contributed by atoms with E-state index in [1.165, 1.54) is 6.07 Å². The maximum atomic E-state index is 13.3. The monoisotopic (exact) mass is 379 g/mol. The van der Waals surface area contributed by atoms with Crippen molar-refractivity contribution in [1.82, 2.24) is 0 Å². The summed E-state index contributed by atoms with van der Waals surface area (Å²) in [7, 11) is 5.05. The van der Waals surface area contributed by atoms with Crippen molar-refractivity contribution in [2.24, 2.45) is 0 Å². The Labute approximate surface area is 157 Å². The molecule has 146 valence electrons. The number of nitrogens with one attached hydrogen (secondary N) is 2. The van der Waals surface area contributed by atoms with Crippen molar-refractivity contribution in [2.45, 2.75) is 26.4 Å². The van der Waals surface area contributed by atoms with Gasteiger partial charge in [-0.1, -0.05) is 0 Å². The molecule has 0 aliphatic heterocycles. The number of anilines is 1. The molecule has 27 heavy (non-hydrogen) atoms. The van der Waals surface area contributed by atoms with Gasteiger partial charge in [0.05, 0.1) is 21.3 Å². The van der Waals surface area contributed by atoms with E-state index in [1.54, 1.807) is 21.1 Å². The Hall–Kier alpha value is -2.67. The molecule has 0 aliphatic carbocycles. The number of hydrogen-bond acceptors (Lipinski definition) is 3. The average molecular weight is 379 g/mol. The summed E-state index contributed by atoms with van der Waals surface area (Å²) in [5.41, 5.74) is 2.28. The molecule has 0 spiro atoms. The molecule has 0 saturated heterocycles. The van der Waals surface area contributed by atoms with E-state index in [4.69, 9.17) is 9.47 Å². The number of likely N-dealkylation sites (N-methyl/N-ethyl adjacent to an activating group) is 1. The fourth-order valence-electron chi connectivity index (χ4n) is 2.71. The van der Waals surface area contributed by atoms with E-state index >= 15 is 0 Å². The number of aryl methyl sites for hydroxylation is 1. The van der Waals surface area contributed by atoms with Crippen LogP contribution < -0.4 is 19.7 Å². The molecule has 0 saturated carbocycles. The molecule has 0 heterocycles. The predicted octanol–water partition coefficient (Wildman–Crippen LogP) is 2.33. The van der Waals surface area contributed by atoms with E-state index in [0.29, 0.717) is 18.0 Å². The van der Waals surface area contributed by atoms with Crippen molar-refractivity contribution in [3.05, 3.63) is 53.1 Å². The summed E-state index contributed by atoms with van der Waals surface area (Å²) < 4.78 is 36.9. The van der Waals surface area contributed by atoms with Gasteiger partial charge in [0.1, 0.15) is 6.54 Å². The van der Waals surface area contributed by atoms with Crippen LogP contribution in [0.2, 0.25) is 0 Å². The molecular weight excluding hydrogens is 354 g/mol.